The second kappa shape index (κ2) is 3.53. The van der Waals surface area contributed by atoms with Crippen LogP contribution in [0.15, 0.2) is 12.2 Å². The van der Waals surface area contributed by atoms with Crippen molar-refractivity contribution in [3.8, 4) is 11.8 Å². The average molecular weight is 300 g/mol. The summed E-state index contributed by atoms with van der Waals surface area (Å²) < 4.78 is 0.806. The minimum Gasteiger partial charge on any atom is -0.492 e. The molecular weight excluding hydrogens is 290 g/mol. The molecule has 90 valence electrons. The molecule has 5 nitrogen and oxygen atoms in total. The number of rotatable bonds is 2. The van der Waals surface area contributed by atoms with Crippen LogP contribution in [0, 0.1) is 0 Å². The van der Waals surface area contributed by atoms with Crippen LogP contribution in [0.4, 0.5) is 0 Å². The molecule has 0 saturated heterocycles. The summed E-state index contributed by atoms with van der Waals surface area (Å²) in [4.78, 5) is 16.0. The van der Waals surface area contributed by atoms with Gasteiger partial charge in [-0.2, -0.15) is 0 Å². The zero-order valence-electron chi connectivity index (χ0n) is 8.76. The number of alkyl halides is 1. The lowest BCUT2D eigenvalue weighted by atomic mass is 10.0. The Labute approximate surface area is 105 Å². The Balaban J connectivity index is 2.06. The summed E-state index contributed by atoms with van der Waals surface area (Å²) in [6.45, 7) is 0. The molecule has 2 aliphatic carbocycles. The average Bonchev–Trinajstić information content (AvgIpc) is 2.98. The number of hydrogen-bond acceptors (Lipinski definition) is 4. The zero-order valence-corrected chi connectivity index (χ0v) is 10.3. The van der Waals surface area contributed by atoms with Gasteiger partial charge in [0.25, 0.3) is 0 Å². The topological polar surface area (TPSA) is 71.7 Å². The highest BCUT2D eigenvalue weighted by Crippen LogP contribution is 2.56. The van der Waals surface area contributed by atoms with Crippen LogP contribution in [-0.4, -0.2) is 26.2 Å². The lowest BCUT2D eigenvalue weighted by Crippen LogP contribution is -2.20. The van der Waals surface area contributed by atoms with Crippen LogP contribution in [0.2, 0.25) is 0 Å². The maximum absolute atomic E-state index is 11.2. The third-order valence-electron chi connectivity index (χ3n) is 3.28. The monoisotopic (exact) mass is 299 g/mol. The van der Waals surface area contributed by atoms with Gasteiger partial charge in [-0.3, -0.25) is 0 Å². The highest BCUT2D eigenvalue weighted by molar-refractivity contribution is 9.09. The lowest BCUT2D eigenvalue weighted by Gasteiger charge is -2.07. The molecule has 0 radical (unpaired) electrons. The Hall–Kier alpha value is -1.43. The smallest absolute Gasteiger partial charge is 0.343 e. The van der Waals surface area contributed by atoms with Crippen LogP contribution in [-0.2, 0) is 4.79 Å². The molecule has 1 aromatic heterocycles. The van der Waals surface area contributed by atoms with E-state index in [2.05, 4.69) is 15.9 Å². The lowest BCUT2D eigenvalue weighted by molar-refractivity contribution is -0.142. The van der Waals surface area contributed by atoms with Gasteiger partial charge in [-0.05, 0) is 6.42 Å². The number of carbonyl (C=O) groups excluding carboxylic acids is 1. The van der Waals surface area contributed by atoms with Crippen LogP contribution in [0.3, 0.4) is 0 Å². The van der Waals surface area contributed by atoms with Crippen molar-refractivity contribution >= 4 is 21.9 Å². The largest absolute Gasteiger partial charge is 0.492 e. The van der Waals surface area contributed by atoms with Crippen LogP contribution >= 0.6 is 15.9 Å². The molecule has 0 saturated carbocycles. The van der Waals surface area contributed by atoms with E-state index in [1.54, 1.807) is 0 Å². The van der Waals surface area contributed by atoms with Gasteiger partial charge in [0.2, 0.25) is 11.8 Å². The highest BCUT2D eigenvalue weighted by Gasteiger charge is 2.41. The summed E-state index contributed by atoms with van der Waals surface area (Å²) >= 11 is 2.95. The zero-order chi connectivity index (χ0) is 12.2. The number of fused-ring (bicyclic) bond motifs is 5. The number of aromatic hydroxyl groups is 2. The standard InChI is InChI=1S/C11H10BrNO4/c12-4-7(14)17-13-10(15)8-5-1-2-6(3-5)9(8)11(13)16/h1-2,5-6,15-16H,3-4H2. The van der Waals surface area contributed by atoms with Gasteiger partial charge in [-0.15, -0.1) is 4.73 Å². The highest BCUT2D eigenvalue weighted by atomic mass is 79.9. The normalized spacial score (nSPS) is 24.1. The molecule has 2 atom stereocenters. The van der Waals surface area contributed by atoms with Gasteiger partial charge in [0.05, 0.1) is 0 Å². The number of carbonyl (C=O) groups is 1. The number of halogens is 1. The second-order valence-corrected chi connectivity index (χ2v) is 4.76. The molecule has 0 spiro atoms. The molecule has 2 bridgehead atoms. The number of allylic oxidation sites excluding steroid dienone is 2. The van der Waals surface area contributed by atoms with E-state index in [1.807, 2.05) is 12.2 Å². The molecule has 3 rings (SSSR count). The van der Waals surface area contributed by atoms with E-state index in [0.717, 1.165) is 11.2 Å². The van der Waals surface area contributed by atoms with E-state index >= 15 is 0 Å². The first kappa shape index (κ1) is 10.7. The second-order valence-electron chi connectivity index (χ2n) is 4.20. The van der Waals surface area contributed by atoms with E-state index < -0.39 is 5.97 Å². The van der Waals surface area contributed by atoms with E-state index in [9.17, 15) is 15.0 Å². The third-order valence-corrected chi connectivity index (χ3v) is 3.74. The van der Waals surface area contributed by atoms with Gasteiger partial charge >= 0.3 is 5.97 Å². The van der Waals surface area contributed by atoms with Crippen LogP contribution < -0.4 is 4.84 Å². The van der Waals surface area contributed by atoms with Gasteiger partial charge in [-0.25, -0.2) is 4.79 Å². The fraction of sp³-hybridized carbons (Fsp3) is 0.364. The van der Waals surface area contributed by atoms with Gasteiger partial charge < -0.3 is 15.1 Å². The van der Waals surface area contributed by atoms with E-state index in [1.165, 1.54) is 0 Å². The first-order valence-electron chi connectivity index (χ1n) is 5.25. The Morgan fingerprint density at radius 2 is 1.88 bits per heavy atom. The van der Waals surface area contributed by atoms with Crippen molar-refractivity contribution in [1.29, 1.82) is 0 Å². The minimum atomic E-state index is -0.579. The van der Waals surface area contributed by atoms with Crippen molar-refractivity contribution in [1.82, 2.24) is 4.73 Å². The van der Waals surface area contributed by atoms with Crippen molar-refractivity contribution in [2.45, 2.75) is 18.3 Å². The molecule has 1 heterocycles. The molecule has 0 aliphatic heterocycles. The Bertz CT molecular complexity index is 499. The van der Waals surface area contributed by atoms with Crippen LogP contribution in [0.1, 0.15) is 29.4 Å². The molecule has 2 aliphatic rings. The molecule has 0 aromatic carbocycles. The molecule has 2 N–H and O–H groups in total. The van der Waals surface area contributed by atoms with Crippen LogP contribution in [0.25, 0.3) is 0 Å². The quantitative estimate of drug-likeness (QED) is 0.639. The first-order chi connectivity index (χ1) is 8.13. The summed E-state index contributed by atoms with van der Waals surface area (Å²) in [5.41, 5.74) is 1.36. The summed E-state index contributed by atoms with van der Waals surface area (Å²) in [6, 6.07) is 0. The molecule has 0 amide bonds. The minimum absolute atomic E-state index is 0.000165. The van der Waals surface area contributed by atoms with Gasteiger partial charge in [0, 0.05) is 23.0 Å². The van der Waals surface area contributed by atoms with E-state index in [-0.39, 0.29) is 28.9 Å². The maximum atomic E-state index is 11.2. The third kappa shape index (κ3) is 1.33. The van der Waals surface area contributed by atoms with Gasteiger partial charge in [0.15, 0.2) is 0 Å². The SMILES string of the molecule is O=C(CBr)On1c(O)c2c(c1O)C1C=CC2C1. The molecule has 6 heteroatoms. The first-order valence-corrected chi connectivity index (χ1v) is 6.37. The summed E-state index contributed by atoms with van der Waals surface area (Å²) in [7, 11) is 0. The molecule has 1 aromatic rings. The maximum Gasteiger partial charge on any atom is 0.343 e. The summed E-state index contributed by atoms with van der Waals surface area (Å²) in [5, 5.41) is 19.9. The van der Waals surface area contributed by atoms with Gasteiger partial charge in [0.1, 0.15) is 5.33 Å². The predicted octanol–water partition coefficient (Wildman–Crippen LogP) is 1.39. The summed E-state index contributed by atoms with van der Waals surface area (Å²) in [5.74, 6) is -0.702. The number of hydrogen-bond donors (Lipinski definition) is 2. The Kier molecular flexibility index (Phi) is 2.22. The van der Waals surface area contributed by atoms with E-state index in [0.29, 0.717) is 11.1 Å². The number of nitrogens with zero attached hydrogens (tertiary/aromatic N) is 1. The Morgan fingerprint density at radius 3 is 2.35 bits per heavy atom. The van der Waals surface area contributed by atoms with Crippen molar-refractivity contribution in [3.63, 3.8) is 0 Å². The fourth-order valence-electron chi connectivity index (χ4n) is 2.63. The molecule has 17 heavy (non-hydrogen) atoms. The van der Waals surface area contributed by atoms with Crippen molar-refractivity contribution in [2.75, 3.05) is 5.33 Å². The van der Waals surface area contributed by atoms with Gasteiger partial charge in [-0.1, -0.05) is 28.1 Å². The van der Waals surface area contributed by atoms with Crippen LogP contribution in [0.5, 0.6) is 11.8 Å². The van der Waals surface area contributed by atoms with Crippen molar-refractivity contribution < 1.29 is 19.8 Å². The van der Waals surface area contributed by atoms with Crippen molar-refractivity contribution in [2.24, 2.45) is 0 Å². The van der Waals surface area contributed by atoms with Crippen molar-refractivity contribution in [3.05, 3.63) is 23.3 Å². The van der Waals surface area contributed by atoms with E-state index in [4.69, 9.17) is 4.84 Å². The predicted molar refractivity (Wildman–Crippen MR) is 62.4 cm³/mol. The molecule has 0 fully saturated rings. The Morgan fingerprint density at radius 1 is 1.35 bits per heavy atom. The molecule has 2 unspecified atom stereocenters. The fourth-order valence-corrected chi connectivity index (χ4v) is 2.73. The number of aromatic nitrogens is 1. The summed E-state index contributed by atoms with van der Waals surface area (Å²) in [6.07, 6.45) is 4.88. The molecular formula is C11H10BrNO4.